The van der Waals surface area contributed by atoms with Crippen LogP contribution in [0.1, 0.15) is 18.9 Å². The van der Waals surface area contributed by atoms with E-state index in [4.69, 9.17) is 5.11 Å². The highest BCUT2D eigenvalue weighted by atomic mass is 19.4. The highest BCUT2D eigenvalue weighted by molar-refractivity contribution is 5.75. The predicted molar refractivity (Wildman–Crippen MR) is 77.0 cm³/mol. The summed E-state index contributed by atoms with van der Waals surface area (Å²) in [5.74, 6) is -1.72. The van der Waals surface area contributed by atoms with Gasteiger partial charge < -0.3 is 14.7 Å². The number of halogens is 6. The van der Waals surface area contributed by atoms with Crippen molar-refractivity contribution in [3.63, 3.8) is 0 Å². The number of benzene rings is 1. The minimum absolute atomic E-state index is 0.182. The number of hydrogen-bond acceptors (Lipinski definition) is 5. The van der Waals surface area contributed by atoms with Crippen molar-refractivity contribution in [1.82, 2.24) is 0 Å². The summed E-state index contributed by atoms with van der Waals surface area (Å²) in [4.78, 5) is 20.9. The Morgan fingerprint density at radius 1 is 1.37 bits per heavy atom. The summed E-state index contributed by atoms with van der Waals surface area (Å²) in [6.07, 6.45) is -13.1. The molecule has 0 spiro atoms. The number of nitro groups is 1. The molecule has 1 aliphatic rings. The van der Waals surface area contributed by atoms with Crippen molar-refractivity contribution in [2.75, 3.05) is 11.4 Å². The molecule has 13 heteroatoms. The van der Waals surface area contributed by atoms with E-state index in [9.17, 15) is 41.3 Å². The molecule has 7 nitrogen and oxygen atoms in total. The topological polar surface area (TPSA) is 92.9 Å². The number of carbonyl (C=O) groups is 1. The molecule has 0 unspecified atom stereocenters. The molecule has 0 aliphatic carbocycles. The van der Waals surface area contributed by atoms with E-state index in [-0.39, 0.29) is 6.07 Å². The minimum Gasteiger partial charge on any atom is -0.479 e. The first-order chi connectivity index (χ1) is 12.2. The third-order valence-corrected chi connectivity index (χ3v) is 4.11. The molecule has 1 saturated heterocycles. The molecule has 1 aromatic rings. The monoisotopic (exact) mass is 402 g/mol. The second-order valence-corrected chi connectivity index (χ2v) is 5.65. The van der Waals surface area contributed by atoms with E-state index in [2.05, 4.69) is 4.74 Å². The molecule has 150 valence electrons. The average molecular weight is 402 g/mol. The molecule has 1 fully saturated rings. The summed E-state index contributed by atoms with van der Waals surface area (Å²) in [6.45, 7) is 0.137. The van der Waals surface area contributed by atoms with Gasteiger partial charge in [-0.05, 0) is 12.1 Å². The zero-order valence-corrected chi connectivity index (χ0v) is 13.5. The van der Waals surface area contributed by atoms with Gasteiger partial charge in [0.05, 0.1) is 11.5 Å². The lowest BCUT2D eigenvalue weighted by atomic mass is 10.1. The molecule has 0 bridgehead atoms. The Balaban J connectivity index is 2.66. The molecule has 1 aliphatic heterocycles. The molecule has 2 atom stereocenters. The van der Waals surface area contributed by atoms with E-state index in [1.165, 1.54) is 0 Å². The Kier molecular flexibility index (Phi) is 5.03. The minimum atomic E-state index is -5.21. The van der Waals surface area contributed by atoms with Gasteiger partial charge in [-0.2, -0.15) is 26.3 Å². The molecule has 1 N–H and O–H groups in total. The van der Waals surface area contributed by atoms with Crippen LogP contribution in [0.4, 0.5) is 37.7 Å². The molecular weight excluding hydrogens is 390 g/mol. The lowest BCUT2D eigenvalue weighted by Gasteiger charge is -2.39. The second-order valence-electron chi connectivity index (χ2n) is 5.65. The summed E-state index contributed by atoms with van der Waals surface area (Å²) >= 11 is 0. The van der Waals surface area contributed by atoms with Gasteiger partial charge in [0.1, 0.15) is 5.56 Å². The fraction of sp³-hybridized carbons (Fsp3) is 0.500. The quantitative estimate of drug-likeness (QED) is 0.470. The predicted octanol–water partition coefficient (Wildman–Crippen LogP) is 3.57. The Hall–Kier alpha value is -2.57. The van der Waals surface area contributed by atoms with Gasteiger partial charge in [0, 0.05) is 18.2 Å². The first kappa shape index (κ1) is 20.7. The third-order valence-electron chi connectivity index (χ3n) is 4.11. The molecule has 0 amide bonds. The van der Waals surface area contributed by atoms with Crippen LogP contribution in [-0.2, 0) is 15.7 Å². The lowest BCUT2D eigenvalue weighted by molar-refractivity contribution is -0.388. The van der Waals surface area contributed by atoms with Gasteiger partial charge in [-0.1, -0.05) is 6.92 Å². The highest BCUT2D eigenvalue weighted by Gasteiger charge is 2.65. The van der Waals surface area contributed by atoms with E-state index in [0.29, 0.717) is 17.0 Å². The van der Waals surface area contributed by atoms with Crippen molar-refractivity contribution in [2.24, 2.45) is 0 Å². The van der Waals surface area contributed by atoms with E-state index in [1.807, 2.05) is 0 Å². The number of ether oxygens (including phenoxy) is 1. The molecule has 1 heterocycles. The van der Waals surface area contributed by atoms with E-state index < -0.39 is 65.0 Å². The maximum atomic E-state index is 13.6. The van der Waals surface area contributed by atoms with Crippen molar-refractivity contribution >= 4 is 17.3 Å². The van der Waals surface area contributed by atoms with Crippen LogP contribution in [0.5, 0.6) is 0 Å². The van der Waals surface area contributed by atoms with Crippen LogP contribution < -0.4 is 4.90 Å². The summed E-state index contributed by atoms with van der Waals surface area (Å²) in [6, 6.07) is 1.29. The maximum absolute atomic E-state index is 13.6. The van der Waals surface area contributed by atoms with Crippen LogP contribution in [-0.4, -0.2) is 40.5 Å². The molecule has 1 aromatic carbocycles. The van der Waals surface area contributed by atoms with Crippen molar-refractivity contribution in [2.45, 2.75) is 37.5 Å². The number of carboxylic acid groups (broad SMARTS) is 1. The van der Waals surface area contributed by atoms with E-state index in [1.54, 1.807) is 0 Å². The zero-order valence-electron chi connectivity index (χ0n) is 13.5. The number of aliphatic carboxylic acids is 1. The molecule has 0 radical (unpaired) electrons. The number of nitrogens with zero attached hydrogens (tertiary/aromatic N) is 2. The number of hydrogen-bond donors (Lipinski definition) is 1. The summed E-state index contributed by atoms with van der Waals surface area (Å²) in [5.41, 5.74) is -6.98. The van der Waals surface area contributed by atoms with E-state index >= 15 is 0 Å². The smallest absolute Gasteiger partial charge is 0.436 e. The van der Waals surface area contributed by atoms with Crippen LogP contribution in [0.3, 0.4) is 0 Å². The van der Waals surface area contributed by atoms with Gasteiger partial charge in [-0.3, -0.25) is 10.1 Å². The fourth-order valence-corrected chi connectivity index (χ4v) is 2.86. The summed E-state index contributed by atoms with van der Waals surface area (Å²) in [5, 5.41) is 19.8. The van der Waals surface area contributed by atoms with Crippen LogP contribution in [0, 0.1) is 10.1 Å². The molecule has 2 rings (SSSR count). The Morgan fingerprint density at radius 3 is 2.37 bits per heavy atom. The van der Waals surface area contributed by atoms with E-state index in [0.717, 1.165) is 6.92 Å². The Morgan fingerprint density at radius 2 is 1.96 bits per heavy atom. The highest BCUT2D eigenvalue weighted by Crippen LogP contribution is 2.48. The Labute approximate surface area is 147 Å². The Bertz CT molecular complexity index is 765. The fourth-order valence-electron chi connectivity index (χ4n) is 2.86. The average Bonchev–Trinajstić information content (AvgIpc) is 2.94. The number of nitro benzene ring substituents is 1. The number of alkyl halides is 6. The largest absolute Gasteiger partial charge is 0.479 e. The summed E-state index contributed by atoms with van der Waals surface area (Å²) < 4.78 is 85.0. The van der Waals surface area contributed by atoms with Crippen molar-refractivity contribution < 1.29 is 45.9 Å². The van der Waals surface area contributed by atoms with Gasteiger partial charge in [0.15, 0.2) is 6.10 Å². The molecule has 27 heavy (non-hydrogen) atoms. The first-order valence-corrected chi connectivity index (χ1v) is 7.35. The maximum Gasteiger partial charge on any atom is 0.436 e. The van der Waals surface area contributed by atoms with Crippen molar-refractivity contribution in [3.8, 4) is 0 Å². The molecular formula is C14H12F6N2O5. The number of carboxylic acids is 1. The lowest BCUT2D eigenvalue weighted by Crippen LogP contribution is -2.56. The van der Waals surface area contributed by atoms with Gasteiger partial charge in [0.2, 0.25) is 5.72 Å². The van der Waals surface area contributed by atoms with Gasteiger partial charge in [0.25, 0.3) is 5.69 Å². The first-order valence-electron chi connectivity index (χ1n) is 7.35. The van der Waals surface area contributed by atoms with Crippen LogP contribution in [0.2, 0.25) is 0 Å². The number of rotatable bonds is 4. The zero-order chi connectivity index (χ0) is 20.8. The SMILES string of the molecule is CC[C@]1(C(F)(F)F)O[C@H](C(=O)O)CN1c1ccc([N+](=O)[O-])c(C(F)(F)F)c1. The van der Waals surface area contributed by atoms with Gasteiger partial charge in [-0.25, -0.2) is 4.79 Å². The van der Waals surface area contributed by atoms with Crippen molar-refractivity contribution in [1.29, 1.82) is 0 Å². The molecule has 0 saturated carbocycles. The normalized spacial score (nSPS) is 23.5. The van der Waals surface area contributed by atoms with Crippen LogP contribution >= 0.6 is 0 Å². The van der Waals surface area contributed by atoms with Gasteiger partial charge in [-0.15, -0.1) is 0 Å². The number of anilines is 1. The second kappa shape index (κ2) is 6.55. The summed E-state index contributed by atoms with van der Waals surface area (Å²) in [7, 11) is 0. The van der Waals surface area contributed by atoms with Crippen molar-refractivity contribution in [3.05, 3.63) is 33.9 Å². The van der Waals surface area contributed by atoms with Crippen LogP contribution in [0.15, 0.2) is 18.2 Å². The standard InChI is InChI=1S/C14H12F6N2O5/c1-2-12(14(18,19)20)21(6-10(27-12)11(23)24)7-3-4-9(22(25)26)8(5-7)13(15,16)17/h3-5,10H,2,6H2,1H3,(H,23,24)/t10-,12+/m0/s1. The van der Waals surface area contributed by atoms with Crippen LogP contribution in [0.25, 0.3) is 0 Å². The third kappa shape index (κ3) is 3.50. The van der Waals surface area contributed by atoms with Gasteiger partial charge >= 0.3 is 18.3 Å². The molecule has 0 aromatic heterocycles.